The molecule has 0 aliphatic rings. The molecule has 3 heteroatoms. The first-order valence-electron chi connectivity index (χ1n) is 8.71. The molecule has 0 bridgehead atoms. The summed E-state index contributed by atoms with van der Waals surface area (Å²) in [5.74, 6) is -0.770. The first-order chi connectivity index (χ1) is 12.6. The highest BCUT2D eigenvalue weighted by Crippen LogP contribution is 2.35. The van der Waals surface area contributed by atoms with Crippen LogP contribution in [0.15, 0.2) is 67.0 Å². The highest BCUT2D eigenvalue weighted by molar-refractivity contribution is 6.06. The number of aromatic nitrogens is 1. The van der Waals surface area contributed by atoms with Gasteiger partial charge in [0.1, 0.15) is 0 Å². The summed E-state index contributed by atoms with van der Waals surface area (Å²) in [7, 11) is 0. The van der Waals surface area contributed by atoms with E-state index in [9.17, 15) is 4.79 Å². The van der Waals surface area contributed by atoms with Crippen LogP contribution in [0.1, 0.15) is 17.5 Å². The number of pyridine rings is 1. The zero-order valence-corrected chi connectivity index (χ0v) is 14.6. The maximum Gasteiger partial charge on any atom is 0.303 e. The minimum atomic E-state index is -0.770. The van der Waals surface area contributed by atoms with Crippen LogP contribution in [-0.4, -0.2) is 16.1 Å². The number of carbonyl (C=O) groups is 1. The van der Waals surface area contributed by atoms with Gasteiger partial charge in [-0.1, -0.05) is 54.6 Å². The Morgan fingerprint density at radius 3 is 2.27 bits per heavy atom. The van der Waals surface area contributed by atoms with E-state index in [1.54, 1.807) is 0 Å². The molecule has 0 amide bonds. The van der Waals surface area contributed by atoms with Gasteiger partial charge in [-0.25, -0.2) is 0 Å². The Morgan fingerprint density at radius 1 is 0.846 bits per heavy atom. The fourth-order valence-corrected chi connectivity index (χ4v) is 3.65. The van der Waals surface area contributed by atoms with Gasteiger partial charge in [-0.2, -0.15) is 0 Å². The molecule has 4 aromatic rings. The van der Waals surface area contributed by atoms with Gasteiger partial charge < -0.3 is 5.11 Å². The monoisotopic (exact) mass is 341 g/mol. The second-order valence-electron chi connectivity index (χ2n) is 6.57. The molecule has 0 spiro atoms. The molecule has 1 aromatic heterocycles. The molecule has 3 aromatic carbocycles. The van der Waals surface area contributed by atoms with Gasteiger partial charge in [0.25, 0.3) is 0 Å². The topological polar surface area (TPSA) is 50.2 Å². The van der Waals surface area contributed by atoms with Crippen molar-refractivity contribution in [1.82, 2.24) is 4.98 Å². The number of benzene rings is 3. The molecule has 0 atom stereocenters. The maximum atomic E-state index is 11.0. The van der Waals surface area contributed by atoms with Crippen LogP contribution in [0.2, 0.25) is 0 Å². The van der Waals surface area contributed by atoms with Gasteiger partial charge in [0.15, 0.2) is 0 Å². The first-order valence-corrected chi connectivity index (χ1v) is 8.71. The standard InChI is InChI=1S/C23H19NO2/c1-15-13-24-14-22-17(15)6-3-10-21(22)20-9-4-7-18-16(11-12-23(25)26)5-2-8-19(18)20/h2-10,13-14H,11-12H2,1H3,(H,25,26). The van der Waals surface area contributed by atoms with Crippen LogP contribution in [0.4, 0.5) is 0 Å². The summed E-state index contributed by atoms with van der Waals surface area (Å²) < 4.78 is 0. The number of aryl methyl sites for hydroxylation is 2. The third-order valence-electron chi connectivity index (χ3n) is 4.91. The number of fused-ring (bicyclic) bond motifs is 2. The largest absolute Gasteiger partial charge is 0.481 e. The molecule has 0 saturated carbocycles. The summed E-state index contributed by atoms with van der Waals surface area (Å²) in [5.41, 5.74) is 4.53. The van der Waals surface area contributed by atoms with E-state index in [2.05, 4.69) is 48.3 Å². The molecule has 3 nitrogen and oxygen atoms in total. The van der Waals surface area contributed by atoms with Crippen LogP contribution in [-0.2, 0) is 11.2 Å². The third kappa shape index (κ3) is 2.82. The van der Waals surface area contributed by atoms with Crippen molar-refractivity contribution in [3.05, 3.63) is 78.1 Å². The molecule has 0 fully saturated rings. The number of nitrogens with zero attached hydrogens (tertiary/aromatic N) is 1. The zero-order valence-electron chi connectivity index (χ0n) is 14.6. The Morgan fingerprint density at radius 2 is 1.50 bits per heavy atom. The highest BCUT2D eigenvalue weighted by Gasteiger charge is 2.11. The number of hydrogen-bond acceptors (Lipinski definition) is 2. The summed E-state index contributed by atoms with van der Waals surface area (Å²) >= 11 is 0. The van der Waals surface area contributed by atoms with Crippen molar-refractivity contribution in [3.8, 4) is 11.1 Å². The minimum absolute atomic E-state index is 0.140. The van der Waals surface area contributed by atoms with Crippen LogP contribution in [0.5, 0.6) is 0 Å². The molecule has 1 N–H and O–H groups in total. The van der Waals surface area contributed by atoms with E-state index in [4.69, 9.17) is 5.11 Å². The summed E-state index contributed by atoms with van der Waals surface area (Å²) in [6.07, 6.45) is 4.48. The second kappa shape index (κ2) is 6.60. The van der Waals surface area contributed by atoms with Crippen LogP contribution in [0, 0.1) is 6.92 Å². The molecule has 0 saturated heterocycles. The number of aliphatic carboxylic acids is 1. The number of rotatable bonds is 4. The van der Waals surface area contributed by atoms with E-state index in [1.165, 1.54) is 5.39 Å². The summed E-state index contributed by atoms with van der Waals surface area (Å²) in [4.78, 5) is 15.3. The van der Waals surface area contributed by atoms with E-state index in [1.807, 2.05) is 30.6 Å². The van der Waals surface area contributed by atoms with Crippen LogP contribution in [0.25, 0.3) is 32.7 Å². The van der Waals surface area contributed by atoms with Gasteiger partial charge in [-0.05, 0) is 51.8 Å². The number of hydrogen-bond donors (Lipinski definition) is 1. The minimum Gasteiger partial charge on any atom is -0.481 e. The van der Waals surface area contributed by atoms with Crippen molar-refractivity contribution in [1.29, 1.82) is 0 Å². The molecule has 4 rings (SSSR count). The lowest BCUT2D eigenvalue weighted by Crippen LogP contribution is -1.98. The molecule has 0 unspecified atom stereocenters. The molecule has 0 aliphatic heterocycles. The summed E-state index contributed by atoms with van der Waals surface area (Å²) in [6.45, 7) is 2.08. The van der Waals surface area contributed by atoms with Gasteiger partial charge in [0.2, 0.25) is 0 Å². The molecule has 128 valence electrons. The molecule has 0 aliphatic carbocycles. The molecule has 26 heavy (non-hydrogen) atoms. The Hall–Kier alpha value is -3.20. The lowest BCUT2D eigenvalue weighted by Gasteiger charge is -2.13. The van der Waals surface area contributed by atoms with Crippen LogP contribution in [0.3, 0.4) is 0 Å². The molecule has 1 heterocycles. The van der Waals surface area contributed by atoms with E-state index in [0.29, 0.717) is 6.42 Å². The predicted octanol–water partition coefficient (Wildman–Crippen LogP) is 5.38. The van der Waals surface area contributed by atoms with Crippen LogP contribution >= 0.6 is 0 Å². The third-order valence-corrected chi connectivity index (χ3v) is 4.91. The Labute approximate surface area is 151 Å². The smallest absolute Gasteiger partial charge is 0.303 e. The molecular formula is C23H19NO2. The lowest BCUT2D eigenvalue weighted by atomic mass is 9.91. The van der Waals surface area contributed by atoms with E-state index < -0.39 is 5.97 Å². The van der Waals surface area contributed by atoms with Gasteiger partial charge in [-0.15, -0.1) is 0 Å². The maximum absolute atomic E-state index is 11.0. The Balaban J connectivity index is 1.95. The average Bonchev–Trinajstić information content (AvgIpc) is 2.66. The molecule has 0 radical (unpaired) electrons. The average molecular weight is 341 g/mol. The van der Waals surface area contributed by atoms with E-state index in [-0.39, 0.29) is 6.42 Å². The summed E-state index contributed by atoms with van der Waals surface area (Å²) in [6, 6.07) is 18.7. The normalized spacial score (nSPS) is 11.1. The van der Waals surface area contributed by atoms with Crippen molar-refractivity contribution < 1.29 is 9.90 Å². The van der Waals surface area contributed by atoms with Gasteiger partial charge >= 0.3 is 5.97 Å². The number of carboxylic acid groups (broad SMARTS) is 1. The number of carboxylic acids is 1. The fraction of sp³-hybridized carbons (Fsp3) is 0.130. The van der Waals surface area contributed by atoms with Crippen molar-refractivity contribution in [3.63, 3.8) is 0 Å². The van der Waals surface area contributed by atoms with Gasteiger partial charge in [0.05, 0.1) is 0 Å². The van der Waals surface area contributed by atoms with E-state index >= 15 is 0 Å². The van der Waals surface area contributed by atoms with Crippen LogP contribution < -0.4 is 0 Å². The summed E-state index contributed by atoms with van der Waals surface area (Å²) in [5, 5.41) is 13.6. The second-order valence-corrected chi connectivity index (χ2v) is 6.57. The van der Waals surface area contributed by atoms with E-state index in [0.717, 1.165) is 38.4 Å². The van der Waals surface area contributed by atoms with Gasteiger partial charge in [-0.3, -0.25) is 9.78 Å². The predicted molar refractivity (Wildman–Crippen MR) is 105 cm³/mol. The molecular weight excluding hydrogens is 322 g/mol. The highest BCUT2D eigenvalue weighted by atomic mass is 16.4. The zero-order chi connectivity index (χ0) is 18.1. The first kappa shape index (κ1) is 16.3. The van der Waals surface area contributed by atoms with Crippen molar-refractivity contribution in [2.45, 2.75) is 19.8 Å². The van der Waals surface area contributed by atoms with Crippen molar-refractivity contribution in [2.75, 3.05) is 0 Å². The van der Waals surface area contributed by atoms with Crippen molar-refractivity contribution >= 4 is 27.5 Å². The lowest BCUT2D eigenvalue weighted by molar-refractivity contribution is -0.136. The Bertz CT molecular complexity index is 1130. The quantitative estimate of drug-likeness (QED) is 0.542. The van der Waals surface area contributed by atoms with Gasteiger partial charge in [0, 0.05) is 24.2 Å². The van der Waals surface area contributed by atoms with Crippen molar-refractivity contribution in [2.24, 2.45) is 0 Å². The Kier molecular flexibility index (Phi) is 4.13. The SMILES string of the molecule is Cc1cncc2c(-c3cccc4c(CCC(=O)O)cccc34)cccc12. The fourth-order valence-electron chi connectivity index (χ4n) is 3.65.